The molecule has 0 heterocycles. The number of carbonyl (C=O) groups is 1. The molecule has 0 aliphatic heterocycles. The lowest BCUT2D eigenvalue weighted by Crippen LogP contribution is -2.34. The molecule has 0 fully saturated rings. The maximum atomic E-state index is 15.1. The molecule has 0 spiro atoms. The summed E-state index contributed by atoms with van der Waals surface area (Å²) in [7, 11) is 0. The van der Waals surface area contributed by atoms with Crippen LogP contribution in [0.2, 0.25) is 5.02 Å². The number of halogens is 2. The third-order valence-corrected chi connectivity index (χ3v) is 4.39. The summed E-state index contributed by atoms with van der Waals surface area (Å²) in [4.78, 5) is 11.1. The van der Waals surface area contributed by atoms with Crippen LogP contribution in [0.1, 0.15) is 43.9 Å². The van der Waals surface area contributed by atoms with Crippen LogP contribution in [0.3, 0.4) is 0 Å². The zero-order valence-electron chi connectivity index (χ0n) is 15.3. The molecular formula is C21H22ClFN2O2. The van der Waals surface area contributed by atoms with Crippen LogP contribution in [0.5, 0.6) is 11.5 Å². The molecule has 2 rings (SSSR count). The zero-order valence-corrected chi connectivity index (χ0v) is 16.0. The Hall–Kier alpha value is -2.55. The predicted molar refractivity (Wildman–Crippen MR) is 105 cm³/mol. The van der Waals surface area contributed by atoms with Gasteiger partial charge in [0, 0.05) is 29.6 Å². The Morgan fingerprint density at radius 1 is 1.33 bits per heavy atom. The minimum atomic E-state index is -0.547. The van der Waals surface area contributed by atoms with Crippen LogP contribution in [0.15, 0.2) is 36.4 Å². The molecule has 0 unspecified atom stereocenters. The van der Waals surface area contributed by atoms with Gasteiger partial charge in [0.2, 0.25) is 5.91 Å². The highest BCUT2D eigenvalue weighted by atomic mass is 35.5. The lowest BCUT2D eigenvalue weighted by molar-refractivity contribution is -0.118. The van der Waals surface area contributed by atoms with Gasteiger partial charge in [0.1, 0.15) is 5.75 Å². The first-order chi connectivity index (χ1) is 12.8. The maximum Gasteiger partial charge on any atom is 0.218 e. The maximum absolute atomic E-state index is 15.1. The SMILES string of the molecule is C#Cc1ccc(Oc2c(Cl)ccc([C@@H](CC)N[C@@H](C)CC(N)=O)c2F)cc1. The van der Waals surface area contributed by atoms with E-state index in [1.165, 1.54) is 0 Å². The van der Waals surface area contributed by atoms with E-state index < -0.39 is 11.7 Å². The third kappa shape index (κ3) is 5.46. The van der Waals surface area contributed by atoms with Crippen molar-refractivity contribution in [1.82, 2.24) is 5.32 Å². The number of rotatable bonds is 8. The average molecular weight is 389 g/mol. The van der Waals surface area contributed by atoms with Crippen LogP contribution in [0.4, 0.5) is 4.39 Å². The molecule has 142 valence electrons. The Kier molecular flexibility index (Phi) is 7.23. The largest absolute Gasteiger partial charge is 0.453 e. The molecule has 27 heavy (non-hydrogen) atoms. The number of ether oxygens (including phenoxy) is 1. The van der Waals surface area contributed by atoms with Crippen LogP contribution in [-0.2, 0) is 4.79 Å². The summed E-state index contributed by atoms with van der Waals surface area (Å²) in [5.74, 6) is 1.92. The molecule has 0 aromatic heterocycles. The quantitative estimate of drug-likeness (QED) is 0.651. The summed E-state index contributed by atoms with van der Waals surface area (Å²) < 4.78 is 20.8. The number of hydrogen-bond donors (Lipinski definition) is 2. The van der Waals surface area contributed by atoms with Crippen molar-refractivity contribution in [2.45, 2.75) is 38.8 Å². The highest BCUT2D eigenvalue weighted by Gasteiger charge is 2.22. The van der Waals surface area contributed by atoms with Gasteiger partial charge in [-0.3, -0.25) is 4.79 Å². The molecule has 1 amide bonds. The van der Waals surface area contributed by atoms with Crippen molar-refractivity contribution in [3.05, 3.63) is 58.4 Å². The minimum absolute atomic E-state index is 0.0505. The molecule has 0 radical (unpaired) electrons. The van der Waals surface area contributed by atoms with Gasteiger partial charge in [-0.15, -0.1) is 6.42 Å². The molecule has 2 atom stereocenters. The zero-order chi connectivity index (χ0) is 20.0. The fourth-order valence-electron chi connectivity index (χ4n) is 2.78. The minimum Gasteiger partial charge on any atom is -0.453 e. The molecule has 2 aromatic carbocycles. The Bertz CT molecular complexity index is 846. The Morgan fingerprint density at radius 3 is 2.56 bits per heavy atom. The van der Waals surface area contributed by atoms with E-state index in [9.17, 15) is 4.79 Å². The second-order valence-electron chi connectivity index (χ2n) is 6.25. The standard InChI is InChI=1S/C21H22ClFN2O2/c1-4-14-6-8-15(9-7-14)27-21-17(22)11-10-16(20(21)23)18(5-2)25-13(3)12-19(24)26/h1,6-11,13,18,25H,5,12H2,2-3H3,(H2,24,26)/t13-,18+/m0/s1. The Morgan fingerprint density at radius 2 is 2.00 bits per heavy atom. The lowest BCUT2D eigenvalue weighted by Gasteiger charge is -2.23. The fraction of sp³-hybridized carbons (Fsp3) is 0.286. The van der Waals surface area contributed by atoms with E-state index >= 15 is 4.39 Å². The van der Waals surface area contributed by atoms with E-state index in [0.29, 0.717) is 23.3 Å². The van der Waals surface area contributed by atoms with Gasteiger partial charge >= 0.3 is 0 Å². The van der Waals surface area contributed by atoms with Crippen molar-refractivity contribution in [1.29, 1.82) is 0 Å². The smallest absolute Gasteiger partial charge is 0.218 e. The number of terminal acetylenes is 1. The van der Waals surface area contributed by atoms with Gasteiger partial charge in [-0.25, -0.2) is 4.39 Å². The van der Waals surface area contributed by atoms with Gasteiger partial charge in [0.15, 0.2) is 11.6 Å². The summed E-state index contributed by atoms with van der Waals surface area (Å²) in [6, 6.07) is 9.41. The van der Waals surface area contributed by atoms with E-state index in [1.807, 2.05) is 13.8 Å². The summed E-state index contributed by atoms with van der Waals surface area (Å²) in [6.45, 7) is 3.74. The first-order valence-corrected chi connectivity index (χ1v) is 9.00. The van der Waals surface area contributed by atoms with Crippen molar-refractivity contribution in [3.63, 3.8) is 0 Å². The van der Waals surface area contributed by atoms with Gasteiger partial charge in [-0.05, 0) is 43.7 Å². The summed E-state index contributed by atoms with van der Waals surface area (Å²) >= 11 is 6.15. The van der Waals surface area contributed by atoms with Gasteiger partial charge in [0.25, 0.3) is 0 Å². The molecule has 3 N–H and O–H groups in total. The third-order valence-electron chi connectivity index (χ3n) is 4.10. The van der Waals surface area contributed by atoms with Gasteiger partial charge in [-0.2, -0.15) is 0 Å². The topological polar surface area (TPSA) is 64.3 Å². The lowest BCUT2D eigenvalue weighted by atomic mass is 10.0. The molecule has 6 heteroatoms. The van der Waals surface area contributed by atoms with E-state index in [0.717, 1.165) is 0 Å². The number of nitrogens with one attached hydrogen (secondary N) is 1. The number of primary amides is 1. The monoisotopic (exact) mass is 388 g/mol. The van der Waals surface area contributed by atoms with E-state index in [1.54, 1.807) is 36.4 Å². The van der Waals surface area contributed by atoms with E-state index in [-0.39, 0.29) is 29.3 Å². The second-order valence-corrected chi connectivity index (χ2v) is 6.66. The Labute approximate surface area is 163 Å². The molecule has 0 aliphatic rings. The van der Waals surface area contributed by atoms with Crippen LogP contribution < -0.4 is 15.8 Å². The number of hydrogen-bond acceptors (Lipinski definition) is 3. The van der Waals surface area contributed by atoms with Crippen LogP contribution in [0.25, 0.3) is 0 Å². The number of nitrogens with two attached hydrogens (primary N) is 1. The average Bonchev–Trinajstić information content (AvgIpc) is 2.63. The fourth-order valence-corrected chi connectivity index (χ4v) is 2.96. The number of amides is 1. The molecular weight excluding hydrogens is 367 g/mol. The van der Waals surface area contributed by atoms with Gasteiger partial charge in [-0.1, -0.05) is 30.5 Å². The van der Waals surface area contributed by atoms with Crippen molar-refractivity contribution in [3.8, 4) is 23.8 Å². The first-order valence-electron chi connectivity index (χ1n) is 8.62. The van der Waals surface area contributed by atoms with E-state index in [2.05, 4.69) is 11.2 Å². The van der Waals surface area contributed by atoms with Crippen LogP contribution >= 0.6 is 11.6 Å². The summed E-state index contributed by atoms with van der Waals surface area (Å²) in [5, 5.41) is 3.38. The Balaban J connectivity index is 2.29. The van der Waals surface area contributed by atoms with Crippen molar-refractivity contribution in [2.75, 3.05) is 0 Å². The van der Waals surface area contributed by atoms with Crippen molar-refractivity contribution >= 4 is 17.5 Å². The number of carbonyl (C=O) groups excluding carboxylic acids is 1. The molecule has 0 saturated heterocycles. The van der Waals surface area contributed by atoms with Crippen LogP contribution in [-0.4, -0.2) is 11.9 Å². The van der Waals surface area contributed by atoms with Crippen LogP contribution in [0, 0.1) is 18.2 Å². The highest BCUT2D eigenvalue weighted by molar-refractivity contribution is 6.32. The second kappa shape index (κ2) is 9.40. The summed E-state index contributed by atoms with van der Waals surface area (Å²) in [5.41, 5.74) is 6.33. The molecule has 0 saturated carbocycles. The summed E-state index contributed by atoms with van der Waals surface area (Å²) in [6.07, 6.45) is 6.10. The van der Waals surface area contributed by atoms with E-state index in [4.69, 9.17) is 28.5 Å². The van der Waals surface area contributed by atoms with Crippen molar-refractivity contribution in [2.24, 2.45) is 5.73 Å². The highest BCUT2D eigenvalue weighted by Crippen LogP contribution is 2.36. The van der Waals surface area contributed by atoms with Gasteiger partial charge < -0.3 is 15.8 Å². The predicted octanol–water partition coefficient (Wildman–Crippen LogP) is 4.56. The van der Waals surface area contributed by atoms with Crippen molar-refractivity contribution < 1.29 is 13.9 Å². The molecule has 4 nitrogen and oxygen atoms in total. The molecule has 0 aliphatic carbocycles. The van der Waals surface area contributed by atoms with Gasteiger partial charge in [0.05, 0.1) is 5.02 Å². The first kappa shape index (κ1) is 20.8. The number of benzene rings is 2. The molecule has 2 aromatic rings. The normalized spacial score (nSPS) is 12.9. The molecule has 0 bridgehead atoms.